The number of nitrogens with zero attached hydrogens (tertiary/aromatic N) is 3. The molecule has 25 heavy (non-hydrogen) atoms. The summed E-state index contributed by atoms with van der Waals surface area (Å²) in [7, 11) is 4.21. The van der Waals surface area contributed by atoms with Gasteiger partial charge in [-0.1, -0.05) is 18.2 Å². The van der Waals surface area contributed by atoms with E-state index >= 15 is 0 Å². The molecule has 0 amide bonds. The van der Waals surface area contributed by atoms with Gasteiger partial charge in [-0.3, -0.25) is 9.58 Å². The third-order valence-electron chi connectivity index (χ3n) is 6.13. The SMILES string of the molecule is CN1CC2CCC1(C(N)c1cccc(-c3cnn(C)c3)c1)CC2.Cl.Cl. The Kier molecular flexibility index (Phi) is 6.21. The Bertz CT molecular complexity index is 707. The number of benzene rings is 1. The van der Waals surface area contributed by atoms with E-state index in [9.17, 15) is 0 Å². The molecule has 138 valence electrons. The van der Waals surface area contributed by atoms with Crippen molar-refractivity contribution < 1.29 is 0 Å². The molecule has 5 rings (SSSR count). The van der Waals surface area contributed by atoms with Gasteiger partial charge in [-0.2, -0.15) is 5.10 Å². The molecule has 1 aromatic heterocycles. The molecule has 0 radical (unpaired) electrons. The van der Waals surface area contributed by atoms with Gasteiger partial charge in [0.05, 0.1) is 6.20 Å². The maximum absolute atomic E-state index is 6.82. The molecule has 2 saturated heterocycles. The Balaban J connectivity index is 0.00000113. The maximum atomic E-state index is 6.82. The third kappa shape index (κ3) is 3.45. The first-order valence-corrected chi connectivity index (χ1v) is 8.64. The number of aryl methyl sites for hydroxylation is 1. The monoisotopic (exact) mass is 382 g/mol. The molecular weight excluding hydrogens is 355 g/mol. The molecule has 2 aromatic rings. The van der Waals surface area contributed by atoms with Crippen molar-refractivity contribution >= 4 is 24.8 Å². The first kappa shape index (κ1) is 20.2. The van der Waals surface area contributed by atoms with Crippen LogP contribution in [0.4, 0.5) is 0 Å². The molecule has 3 aliphatic rings. The highest BCUT2D eigenvalue weighted by atomic mass is 35.5. The summed E-state index contributed by atoms with van der Waals surface area (Å²) in [6, 6.07) is 8.79. The zero-order valence-electron chi connectivity index (χ0n) is 14.9. The van der Waals surface area contributed by atoms with Gasteiger partial charge >= 0.3 is 0 Å². The standard InChI is InChI=1S/C19H26N4.2ClH/c1-22-12-14-6-8-19(22,9-7-14)18(20)16-5-3-4-15(10-16)17-11-21-23(2)13-17;;/h3-5,10-11,13-14,18H,6-9,12,20H2,1-2H3;2*1H. The number of aromatic nitrogens is 2. The van der Waals surface area contributed by atoms with Crippen molar-refractivity contribution in [3.8, 4) is 11.1 Å². The Morgan fingerprint density at radius 1 is 1.16 bits per heavy atom. The summed E-state index contributed by atoms with van der Waals surface area (Å²) in [6.45, 7) is 1.20. The average Bonchev–Trinajstić information content (AvgIpc) is 3.02. The summed E-state index contributed by atoms with van der Waals surface area (Å²) in [4.78, 5) is 2.53. The van der Waals surface area contributed by atoms with E-state index in [1.165, 1.54) is 43.4 Å². The lowest BCUT2D eigenvalue weighted by atomic mass is 9.66. The Morgan fingerprint density at radius 3 is 2.48 bits per heavy atom. The van der Waals surface area contributed by atoms with Gasteiger partial charge in [-0.25, -0.2) is 0 Å². The van der Waals surface area contributed by atoms with E-state index in [1.54, 1.807) is 0 Å². The lowest BCUT2D eigenvalue weighted by Crippen LogP contribution is -2.61. The van der Waals surface area contributed by atoms with Crippen LogP contribution in [0.5, 0.6) is 0 Å². The molecule has 2 aliphatic heterocycles. The van der Waals surface area contributed by atoms with Crippen LogP contribution in [0, 0.1) is 5.92 Å². The number of halogens is 2. The van der Waals surface area contributed by atoms with Gasteiger partial charge in [0.1, 0.15) is 0 Å². The Morgan fingerprint density at radius 2 is 1.88 bits per heavy atom. The number of likely N-dealkylation sites (N-methyl/N-ethyl adjacent to an activating group) is 1. The van der Waals surface area contributed by atoms with Crippen LogP contribution in [0.3, 0.4) is 0 Å². The Hall–Kier alpha value is -1.07. The number of hydrogen-bond donors (Lipinski definition) is 1. The van der Waals surface area contributed by atoms with Crippen LogP contribution in [-0.4, -0.2) is 33.8 Å². The van der Waals surface area contributed by atoms with Gasteiger partial charge in [-0.05, 0) is 55.8 Å². The number of fused-ring (bicyclic) bond motifs is 3. The summed E-state index contributed by atoms with van der Waals surface area (Å²) in [5.74, 6) is 0.885. The second kappa shape index (κ2) is 7.67. The molecule has 1 aromatic carbocycles. The fourth-order valence-electron chi connectivity index (χ4n) is 4.65. The molecule has 1 unspecified atom stereocenters. The van der Waals surface area contributed by atoms with E-state index in [4.69, 9.17) is 5.73 Å². The summed E-state index contributed by atoms with van der Waals surface area (Å²) in [5.41, 5.74) is 10.6. The number of nitrogens with two attached hydrogens (primary N) is 1. The average molecular weight is 383 g/mol. The van der Waals surface area contributed by atoms with E-state index < -0.39 is 0 Å². The van der Waals surface area contributed by atoms with Crippen molar-refractivity contribution in [2.45, 2.75) is 37.3 Å². The first-order valence-electron chi connectivity index (χ1n) is 8.64. The summed E-state index contributed by atoms with van der Waals surface area (Å²) >= 11 is 0. The minimum Gasteiger partial charge on any atom is -0.322 e. The molecule has 3 fully saturated rings. The molecule has 1 aliphatic carbocycles. The lowest BCUT2D eigenvalue weighted by molar-refractivity contribution is -0.0335. The van der Waals surface area contributed by atoms with Gasteiger partial charge in [-0.15, -0.1) is 24.8 Å². The van der Waals surface area contributed by atoms with Crippen LogP contribution < -0.4 is 5.73 Å². The van der Waals surface area contributed by atoms with E-state index in [-0.39, 0.29) is 36.4 Å². The van der Waals surface area contributed by atoms with Crippen molar-refractivity contribution in [1.82, 2.24) is 14.7 Å². The molecule has 4 nitrogen and oxygen atoms in total. The molecule has 1 atom stereocenters. The van der Waals surface area contributed by atoms with E-state index in [1.807, 2.05) is 17.9 Å². The zero-order chi connectivity index (χ0) is 16.0. The van der Waals surface area contributed by atoms with Crippen molar-refractivity contribution in [3.05, 3.63) is 42.2 Å². The lowest BCUT2D eigenvalue weighted by Gasteiger charge is -2.56. The summed E-state index contributed by atoms with van der Waals surface area (Å²) in [6.07, 6.45) is 9.10. The highest BCUT2D eigenvalue weighted by Gasteiger charge is 2.48. The van der Waals surface area contributed by atoms with Gasteiger partial charge in [0.15, 0.2) is 0 Å². The number of hydrogen-bond acceptors (Lipinski definition) is 3. The molecule has 0 spiro atoms. The van der Waals surface area contributed by atoms with Gasteiger partial charge in [0.2, 0.25) is 0 Å². The largest absolute Gasteiger partial charge is 0.322 e. The predicted octanol–water partition coefficient (Wildman–Crippen LogP) is 3.80. The van der Waals surface area contributed by atoms with E-state index in [2.05, 4.69) is 47.5 Å². The Labute approximate surface area is 162 Å². The fraction of sp³-hybridized carbons (Fsp3) is 0.526. The van der Waals surface area contributed by atoms with Gasteiger partial charge in [0, 0.05) is 36.9 Å². The fourth-order valence-corrected chi connectivity index (χ4v) is 4.65. The van der Waals surface area contributed by atoms with E-state index in [0.717, 1.165) is 11.5 Å². The minimum absolute atomic E-state index is 0. The normalized spacial score (nSPS) is 26.6. The van der Waals surface area contributed by atoms with Gasteiger partial charge in [0.25, 0.3) is 0 Å². The summed E-state index contributed by atoms with van der Waals surface area (Å²) < 4.78 is 1.84. The predicted molar refractivity (Wildman–Crippen MR) is 107 cm³/mol. The first-order chi connectivity index (χ1) is 11.1. The second-order valence-corrected chi connectivity index (χ2v) is 7.43. The topological polar surface area (TPSA) is 47.1 Å². The molecule has 2 N–H and O–H groups in total. The smallest absolute Gasteiger partial charge is 0.0568 e. The minimum atomic E-state index is 0. The number of piperidine rings is 2. The van der Waals surface area contributed by atoms with Crippen LogP contribution in [-0.2, 0) is 7.05 Å². The zero-order valence-corrected chi connectivity index (χ0v) is 16.5. The van der Waals surface area contributed by atoms with Crippen LogP contribution >= 0.6 is 24.8 Å². The highest BCUT2D eigenvalue weighted by molar-refractivity contribution is 5.85. The van der Waals surface area contributed by atoms with Crippen molar-refractivity contribution in [1.29, 1.82) is 0 Å². The molecular formula is C19H28Cl2N4. The van der Waals surface area contributed by atoms with E-state index in [0.29, 0.717) is 0 Å². The quantitative estimate of drug-likeness (QED) is 0.877. The van der Waals surface area contributed by atoms with Crippen LogP contribution in [0.1, 0.15) is 37.3 Å². The third-order valence-corrected chi connectivity index (χ3v) is 6.13. The second-order valence-electron chi connectivity index (χ2n) is 7.43. The van der Waals surface area contributed by atoms with Crippen molar-refractivity contribution in [2.75, 3.05) is 13.6 Å². The highest BCUT2D eigenvalue weighted by Crippen LogP contribution is 2.48. The van der Waals surface area contributed by atoms with Crippen LogP contribution in [0.15, 0.2) is 36.7 Å². The molecule has 1 saturated carbocycles. The van der Waals surface area contributed by atoms with Gasteiger partial charge < -0.3 is 5.73 Å². The van der Waals surface area contributed by atoms with Crippen LogP contribution in [0.2, 0.25) is 0 Å². The molecule has 6 heteroatoms. The van der Waals surface area contributed by atoms with Crippen molar-refractivity contribution in [2.24, 2.45) is 18.7 Å². The van der Waals surface area contributed by atoms with Crippen molar-refractivity contribution in [3.63, 3.8) is 0 Å². The molecule has 3 heterocycles. The molecule has 2 bridgehead atoms. The summed E-state index contributed by atoms with van der Waals surface area (Å²) in [5, 5.41) is 4.28. The maximum Gasteiger partial charge on any atom is 0.0568 e. The van der Waals surface area contributed by atoms with Crippen LogP contribution in [0.25, 0.3) is 11.1 Å². The number of rotatable bonds is 3.